The number of carbonyl (C=O) groups is 1. The Morgan fingerprint density at radius 3 is 2.90 bits per heavy atom. The van der Waals surface area contributed by atoms with E-state index in [1.807, 2.05) is 25.1 Å². The molecule has 2 rings (SSSR count). The first-order chi connectivity index (χ1) is 10.2. The van der Waals surface area contributed by atoms with Crippen LogP contribution in [0.25, 0.3) is 0 Å². The second-order valence-corrected chi connectivity index (χ2v) is 4.49. The Bertz CT molecular complexity index is 685. The third-order valence-corrected chi connectivity index (χ3v) is 2.78. The fourth-order valence-electron chi connectivity index (χ4n) is 1.77. The van der Waals surface area contributed by atoms with E-state index in [1.165, 1.54) is 0 Å². The maximum atomic E-state index is 12.1. The van der Waals surface area contributed by atoms with E-state index in [9.17, 15) is 4.79 Å². The number of pyridine rings is 1. The maximum absolute atomic E-state index is 12.1. The molecule has 0 fully saturated rings. The number of hydrogen-bond donors (Lipinski definition) is 2. The monoisotopic (exact) mass is 280 g/mol. The summed E-state index contributed by atoms with van der Waals surface area (Å²) in [4.78, 5) is 16.1. The zero-order valence-electron chi connectivity index (χ0n) is 11.8. The lowest BCUT2D eigenvalue weighted by Gasteiger charge is -2.08. The number of aliphatic hydroxyl groups is 1. The predicted octanol–water partition coefficient (Wildman–Crippen LogP) is 2.38. The Hall–Kier alpha value is -2.64. The number of carbonyl (C=O) groups excluding carboxylic acids is 1. The second kappa shape index (κ2) is 7.22. The van der Waals surface area contributed by atoms with Gasteiger partial charge in [-0.15, -0.1) is 0 Å². The Labute approximate surface area is 123 Å². The first-order valence-electron chi connectivity index (χ1n) is 6.63. The predicted molar refractivity (Wildman–Crippen MR) is 82.0 cm³/mol. The molecule has 0 atom stereocenters. The van der Waals surface area contributed by atoms with Gasteiger partial charge < -0.3 is 10.4 Å². The molecule has 1 heterocycles. The number of aryl methyl sites for hydroxylation is 1. The Morgan fingerprint density at radius 1 is 1.33 bits per heavy atom. The van der Waals surface area contributed by atoms with Crippen LogP contribution in [0, 0.1) is 18.8 Å². The van der Waals surface area contributed by atoms with E-state index >= 15 is 0 Å². The highest BCUT2D eigenvalue weighted by Gasteiger charge is 2.09. The molecule has 21 heavy (non-hydrogen) atoms. The molecule has 0 saturated carbocycles. The topological polar surface area (TPSA) is 62.2 Å². The number of benzene rings is 1. The molecule has 2 N–H and O–H groups in total. The smallest absolute Gasteiger partial charge is 0.274 e. The van der Waals surface area contributed by atoms with Gasteiger partial charge in [0.05, 0.1) is 12.3 Å². The van der Waals surface area contributed by atoms with Crippen LogP contribution in [0.15, 0.2) is 42.6 Å². The fraction of sp³-hybridized carbons (Fsp3) is 0.176. The normalized spacial score (nSPS) is 9.62. The van der Waals surface area contributed by atoms with Crippen molar-refractivity contribution < 1.29 is 9.90 Å². The third kappa shape index (κ3) is 4.16. The van der Waals surface area contributed by atoms with Gasteiger partial charge in [-0.3, -0.25) is 9.78 Å². The van der Waals surface area contributed by atoms with E-state index in [-0.39, 0.29) is 12.5 Å². The van der Waals surface area contributed by atoms with Crippen molar-refractivity contribution in [2.75, 3.05) is 11.9 Å². The largest absolute Gasteiger partial charge is 0.395 e. The number of nitrogens with zero attached hydrogens (tertiary/aromatic N) is 1. The van der Waals surface area contributed by atoms with Crippen molar-refractivity contribution in [1.29, 1.82) is 0 Å². The minimum Gasteiger partial charge on any atom is -0.395 e. The molecule has 0 aliphatic carbocycles. The second-order valence-electron chi connectivity index (χ2n) is 4.49. The molecule has 0 spiro atoms. The summed E-state index contributed by atoms with van der Waals surface area (Å²) in [5.74, 6) is 5.56. The molecule has 0 saturated heterocycles. The number of amides is 1. The lowest BCUT2D eigenvalue weighted by atomic mass is 10.1. The lowest BCUT2D eigenvalue weighted by Crippen LogP contribution is -2.14. The fourth-order valence-corrected chi connectivity index (χ4v) is 1.77. The summed E-state index contributed by atoms with van der Waals surface area (Å²) in [5.41, 5.74) is 2.78. The van der Waals surface area contributed by atoms with Gasteiger partial charge in [0, 0.05) is 18.2 Å². The average molecular weight is 280 g/mol. The van der Waals surface area contributed by atoms with E-state index < -0.39 is 0 Å². The number of rotatable bonds is 3. The van der Waals surface area contributed by atoms with Gasteiger partial charge in [0.2, 0.25) is 0 Å². The van der Waals surface area contributed by atoms with Gasteiger partial charge in [-0.1, -0.05) is 24.0 Å². The van der Waals surface area contributed by atoms with Crippen LogP contribution in [-0.4, -0.2) is 22.6 Å². The lowest BCUT2D eigenvalue weighted by molar-refractivity contribution is 0.102. The minimum absolute atomic E-state index is 0.0223. The van der Waals surface area contributed by atoms with Crippen LogP contribution in [0.2, 0.25) is 0 Å². The third-order valence-electron chi connectivity index (χ3n) is 2.78. The van der Waals surface area contributed by atoms with E-state index in [0.717, 1.165) is 11.1 Å². The molecule has 4 heteroatoms. The number of nitrogens with one attached hydrogen (secondary N) is 1. The number of hydrogen-bond acceptors (Lipinski definition) is 3. The van der Waals surface area contributed by atoms with Crippen LogP contribution in [0.3, 0.4) is 0 Å². The van der Waals surface area contributed by atoms with Gasteiger partial charge in [0.15, 0.2) is 0 Å². The summed E-state index contributed by atoms with van der Waals surface area (Å²) in [6.45, 7) is 1.98. The van der Waals surface area contributed by atoms with Gasteiger partial charge in [-0.2, -0.15) is 0 Å². The van der Waals surface area contributed by atoms with E-state index in [0.29, 0.717) is 17.8 Å². The summed E-state index contributed by atoms with van der Waals surface area (Å²) in [6.07, 6.45) is 1.98. The molecule has 1 amide bonds. The molecule has 0 aliphatic rings. The minimum atomic E-state index is -0.273. The van der Waals surface area contributed by atoms with Gasteiger partial charge in [0.25, 0.3) is 5.91 Å². The SMILES string of the molecule is Cc1ccc(NC(=O)c2ccccn2)c(C#CCCO)c1. The van der Waals surface area contributed by atoms with Crippen LogP contribution >= 0.6 is 0 Å². The first-order valence-corrected chi connectivity index (χ1v) is 6.63. The van der Waals surface area contributed by atoms with Crippen LogP contribution in [0.1, 0.15) is 28.0 Å². The number of aromatic nitrogens is 1. The van der Waals surface area contributed by atoms with Gasteiger partial charge >= 0.3 is 0 Å². The average Bonchev–Trinajstić information content (AvgIpc) is 2.51. The van der Waals surface area contributed by atoms with Crippen molar-refractivity contribution in [2.45, 2.75) is 13.3 Å². The standard InChI is InChI=1S/C17H16N2O2/c1-13-8-9-15(14(12-13)6-3-5-11-20)19-17(21)16-7-2-4-10-18-16/h2,4,7-10,12,20H,5,11H2,1H3,(H,19,21). The van der Waals surface area contributed by atoms with Gasteiger partial charge in [-0.05, 0) is 36.8 Å². The summed E-state index contributed by atoms with van der Waals surface area (Å²) < 4.78 is 0. The van der Waals surface area contributed by atoms with Crippen molar-refractivity contribution in [2.24, 2.45) is 0 Å². The summed E-state index contributed by atoms with van der Waals surface area (Å²) in [5, 5.41) is 11.6. The van der Waals surface area contributed by atoms with Crippen LogP contribution < -0.4 is 5.32 Å². The van der Waals surface area contributed by atoms with Crippen molar-refractivity contribution in [3.8, 4) is 11.8 Å². The zero-order valence-corrected chi connectivity index (χ0v) is 11.8. The van der Waals surface area contributed by atoms with Crippen LogP contribution in [0.4, 0.5) is 5.69 Å². The highest BCUT2D eigenvalue weighted by Crippen LogP contribution is 2.17. The molecule has 106 valence electrons. The molecule has 0 radical (unpaired) electrons. The van der Waals surface area contributed by atoms with Crippen LogP contribution in [-0.2, 0) is 0 Å². The van der Waals surface area contributed by atoms with E-state index in [2.05, 4.69) is 22.1 Å². The quantitative estimate of drug-likeness (QED) is 0.849. The van der Waals surface area contributed by atoms with E-state index in [1.54, 1.807) is 24.4 Å². The molecule has 2 aromatic rings. The van der Waals surface area contributed by atoms with Gasteiger partial charge in [0.1, 0.15) is 5.69 Å². The number of anilines is 1. The highest BCUT2D eigenvalue weighted by molar-refractivity contribution is 6.03. The molecule has 4 nitrogen and oxygen atoms in total. The Morgan fingerprint density at radius 2 is 2.19 bits per heavy atom. The molecule has 1 aromatic heterocycles. The van der Waals surface area contributed by atoms with Crippen molar-refractivity contribution in [1.82, 2.24) is 4.98 Å². The van der Waals surface area contributed by atoms with Crippen molar-refractivity contribution >= 4 is 11.6 Å². The first kappa shape index (κ1) is 14.8. The van der Waals surface area contributed by atoms with Crippen LogP contribution in [0.5, 0.6) is 0 Å². The van der Waals surface area contributed by atoms with Crippen molar-refractivity contribution in [3.63, 3.8) is 0 Å². The number of aliphatic hydroxyl groups excluding tert-OH is 1. The molecule has 1 aromatic carbocycles. The summed E-state index contributed by atoms with van der Waals surface area (Å²) in [6, 6.07) is 10.8. The maximum Gasteiger partial charge on any atom is 0.274 e. The summed E-state index contributed by atoms with van der Waals surface area (Å²) in [7, 11) is 0. The molecule has 0 bridgehead atoms. The molecular weight excluding hydrogens is 264 g/mol. The Kier molecular flexibility index (Phi) is 5.08. The molecular formula is C17H16N2O2. The molecule has 0 aliphatic heterocycles. The molecule has 0 unspecified atom stereocenters. The summed E-state index contributed by atoms with van der Waals surface area (Å²) >= 11 is 0. The van der Waals surface area contributed by atoms with Crippen molar-refractivity contribution in [3.05, 3.63) is 59.4 Å². The van der Waals surface area contributed by atoms with E-state index in [4.69, 9.17) is 5.11 Å². The Balaban J connectivity index is 2.24. The zero-order chi connectivity index (χ0) is 15.1. The highest BCUT2D eigenvalue weighted by atomic mass is 16.2. The van der Waals surface area contributed by atoms with Gasteiger partial charge in [-0.25, -0.2) is 0 Å².